The summed E-state index contributed by atoms with van der Waals surface area (Å²) >= 11 is 0. The van der Waals surface area contributed by atoms with Crippen LogP contribution in [0, 0.1) is 13.8 Å². The van der Waals surface area contributed by atoms with Crippen LogP contribution in [0.2, 0.25) is 0 Å². The quantitative estimate of drug-likeness (QED) is 0.780. The van der Waals surface area contributed by atoms with Gasteiger partial charge in [0.2, 0.25) is 0 Å². The number of aromatic amines is 2. The van der Waals surface area contributed by atoms with Crippen molar-refractivity contribution >= 4 is 5.82 Å². The zero-order chi connectivity index (χ0) is 15.5. The second kappa shape index (κ2) is 6.31. The molecule has 7 heteroatoms. The van der Waals surface area contributed by atoms with E-state index >= 15 is 0 Å². The van der Waals surface area contributed by atoms with Crippen LogP contribution in [0.1, 0.15) is 29.8 Å². The normalized spacial score (nSPS) is 18.6. The van der Waals surface area contributed by atoms with E-state index in [4.69, 9.17) is 0 Å². The summed E-state index contributed by atoms with van der Waals surface area (Å²) in [5, 5.41) is 10.8. The standard InChI is InChI=1S/C15H22N6O/c1-10-13(11(2)20-19-10)8-18-12-4-3-7-21(9-12)14-15(22)17-6-5-16-14/h5-6,12,18H,3-4,7-9H2,1-2H3,(H,17,22)(H,19,20)/t12-/m0/s1. The summed E-state index contributed by atoms with van der Waals surface area (Å²) < 4.78 is 0. The van der Waals surface area contributed by atoms with Crippen molar-refractivity contribution in [2.45, 2.75) is 39.3 Å². The fourth-order valence-electron chi connectivity index (χ4n) is 2.99. The molecule has 7 nitrogen and oxygen atoms in total. The summed E-state index contributed by atoms with van der Waals surface area (Å²) in [5.74, 6) is 0.518. The van der Waals surface area contributed by atoms with Crippen molar-refractivity contribution in [2.75, 3.05) is 18.0 Å². The van der Waals surface area contributed by atoms with Gasteiger partial charge in [0.1, 0.15) is 0 Å². The highest BCUT2D eigenvalue weighted by Crippen LogP contribution is 2.16. The Morgan fingerprint density at radius 2 is 2.32 bits per heavy atom. The monoisotopic (exact) mass is 302 g/mol. The molecule has 2 aromatic rings. The highest BCUT2D eigenvalue weighted by atomic mass is 16.1. The van der Waals surface area contributed by atoms with Gasteiger partial charge in [-0.25, -0.2) is 4.98 Å². The summed E-state index contributed by atoms with van der Waals surface area (Å²) in [5.41, 5.74) is 3.26. The summed E-state index contributed by atoms with van der Waals surface area (Å²) in [6, 6.07) is 0.351. The molecule has 2 aromatic heterocycles. The van der Waals surface area contributed by atoms with E-state index in [1.54, 1.807) is 12.4 Å². The van der Waals surface area contributed by atoms with Gasteiger partial charge >= 0.3 is 0 Å². The van der Waals surface area contributed by atoms with Gasteiger partial charge in [0.05, 0.1) is 5.69 Å². The Bertz CT molecular complexity index is 672. The van der Waals surface area contributed by atoms with Crippen LogP contribution >= 0.6 is 0 Å². The van der Waals surface area contributed by atoms with E-state index in [9.17, 15) is 4.79 Å². The molecule has 1 atom stereocenters. The molecule has 0 aromatic carbocycles. The van der Waals surface area contributed by atoms with E-state index in [2.05, 4.69) is 30.4 Å². The number of nitrogens with zero attached hydrogens (tertiary/aromatic N) is 3. The van der Waals surface area contributed by atoms with Gasteiger partial charge in [-0.15, -0.1) is 0 Å². The highest BCUT2D eigenvalue weighted by Gasteiger charge is 2.22. The third-order valence-corrected chi connectivity index (χ3v) is 4.26. The molecule has 3 rings (SSSR count). The number of rotatable bonds is 4. The number of aromatic nitrogens is 4. The first kappa shape index (κ1) is 14.8. The lowest BCUT2D eigenvalue weighted by Gasteiger charge is -2.33. The largest absolute Gasteiger partial charge is 0.350 e. The van der Waals surface area contributed by atoms with Crippen molar-refractivity contribution in [3.63, 3.8) is 0 Å². The third kappa shape index (κ3) is 3.04. The van der Waals surface area contributed by atoms with E-state index in [1.807, 2.05) is 13.8 Å². The van der Waals surface area contributed by atoms with Crippen LogP contribution in [0.15, 0.2) is 17.2 Å². The maximum atomic E-state index is 11.9. The fraction of sp³-hybridized carbons (Fsp3) is 0.533. The van der Waals surface area contributed by atoms with E-state index in [-0.39, 0.29) is 5.56 Å². The maximum absolute atomic E-state index is 11.9. The Labute approximate surface area is 129 Å². The Hall–Kier alpha value is -2.15. The van der Waals surface area contributed by atoms with Crippen LogP contribution in [-0.2, 0) is 6.54 Å². The highest BCUT2D eigenvalue weighted by molar-refractivity contribution is 5.36. The van der Waals surface area contributed by atoms with Crippen molar-refractivity contribution in [1.29, 1.82) is 0 Å². The lowest BCUT2D eigenvalue weighted by Crippen LogP contribution is -2.47. The van der Waals surface area contributed by atoms with Gasteiger partial charge < -0.3 is 15.2 Å². The Balaban J connectivity index is 1.64. The summed E-state index contributed by atoms with van der Waals surface area (Å²) in [7, 11) is 0. The second-order valence-corrected chi connectivity index (χ2v) is 5.82. The van der Waals surface area contributed by atoms with Crippen molar-refractivity contribution in [2.24, 2.45) is 0 Å². The van der Waals surface area contributed by atoms with Crippen molar-refractivity contribution in [3.8, 4) is 0 Å². The minimum absolute atomic E-state index is 0.121. The number of hydrogen-bond acceptors (Lipinski definition) is 5. The minimum Gasteiger partial charge on any atom is -0.350 e. The zero-order valence-electron chi connectivity index (χ0n) is 13.0. The molecule has 0 unspecified atom stereocenters. The molecule has 22 heavy (non-hydrogen) atoms. The third-order valence-electron chi connectivity index (χ3n) is 4.26. The molecule has 0 saturated carbocycles. The minimum atomic E-state index is -0.121. The molecule has 0 radical (unpaired) electrons. The number of hydrogen-bond donors (Lipinski definition) is 3. The molecule has 1 saturated heterocycles. The lowest BCUT2D eigenvalue weighted by atomic mass is 10.0. The predicted molar refractivity (Wildman–Crippen MR) is 85.0 cm³/mol. The first-order chi connectivity index (χ1) is 10.6. The molecule has 3 heterocycles. The van der Waals surface area contributed by atoms with Gasteiger partial charge in [-0.1, -0.05) is 0 Å². The maximum Gasteiger partial charge on any atom is 0.290 e. The van der Waals surface area contributed by atoms with Crippen molar-refractivity contribution < 1.29 is 0 Å². The van der Waals surface area contributed by atoms with Gasteiger partial charge in [0, 0.05) is 49.3 Å². The molecular formula is C15H22N6O. The number of nitrogens with one attached hydrogen (secondary N) is 3. The molecule has 0 spiro atoms. The number of anilines is 1. The van der Waals surface area contributed by atoms with Crippen LogP contribution in [0.5, 0.6) is 0 Å². The Morgan fingerprint density at radius 3 is 3.05 bits per heavy atom. The summed E-state index contributed by atoms with van der Waals surface area (Å²) in [4.78, 5) is 20.8. The van der Waals surface area contributed by atoms with Crippen LogP contribution in [0.4, 0.5) is 5.82 Å². The average molecular weight is 302 g/mol. The lowest BCUT2D eigenvalue weighted by molar-refractivity contribution is 0.418. The molecule has 1 aliphatic heterocycles. The smallest absolute Gasteiger partial charge is 0.290 e. The molecule has 3 N–H and O–H groups in total. The molecule has 0 aliphatic carbocycles. The SMILES string of the molecule is Cc1n[nH]c(C)c1CN[C@H]1CCCN(c2ncc[nH]c2=O)C1. The number of piperidine rings is 1. The molecule has 118 valence electrons. The molecule has 0 bridgehead atoms. The molecule has 1 fully saturated rings. The van der Waals surface area contributed by atoms with E-state index in [0.29, 0.717) is 11.9 Å². The molecule has 0 amide bonds. The van der Waals surface area contributed by atoms with Crippen molar-refractivity contribution in [3.05, 3.63) is 39.7 Å². The van der Waals surface area contributed by atoms with Crippen LogP contribution in [0.25, 0.3) is 0 Å². The summed E-state index contributed by atoms with van der Waals surface area (Å²) in [6.45, 7) is 6.53. The van der Waals surface area contributed by atoms with E-state index < -0.39 is 0 Å². The number of H-pyrrole nitrogens is 2. The molecular weight excluding hydrogens is 280 g/mol. The van der Waals surface area contributed by atoms with Crippen LogP contribution in [0.3, 0.4) is 0 Å². The second-order valence-electron chi connectivity index (χ2n) is 5.82. The first-order valence-electron chi connectivity index (χ1n) is 7.67. The Morgan fingerprint density at radius 1 is 1.45 bits per heavy atom. The van der Waals surface area contributed by atoms with E-state index in [0.717, 1.165) is 43.9 Å². The summed E-state index contributed by atoms with van der Waals surface area (Å²) in [6.07, 6.45) is 5.36. The first-order valence-corrected chi connectivity index (χ1v) is 7.67. The average Bonchev–Trinajstić information content (AvgIpc) is 2.85. The van der Waals surface area contributed by atoms with Gasteiger partial charge in [0.25, 0.3) is 5.56 Å². The van der Waals surface area contributed by atoms with Gasteiger partial charge in [0.15, 0.2) is 5.82 Å². The molecule has 1 aliphatic rings. The predicted octanol–water partition coefficient (Wildman–Crippen LogP) is 0.868. The topological polar surface area (TPSA) is 89.7 Å². The number of aryl methyl sites for hydroxylation is 2. The van der Waals surface area contributed by atoms with Gasteiger partial charge in [-0.05, 0) is 26.7 Å². The zero-order valence-corrected chi connectivity index (χ0v) is 13.0. The van der Waals surface area contributed by atoms with Crippen LogP contribution < -0.4 is 15.8 Å². The van der Waals surface area contributed by atoms with Crippen molar-refractivity contribution in [1.82, 2.24) is 25.5 Å². The van der Waals surface area contributed by atoms with Gasteiger partial charge in [-0.3, -0.25) is 9.89 Å². The van der Waals surface area contributed by atoms with Crippen LogP contribution in [-0.4, -0.2) is 39.3 Å². The van der Waals surface area contributed by atoms with Gasteiger partial charge in [-0.2, -0.15) is 5.10 Å². The van der Waals surface area contributed by atoms with E-state index in [1.165, 1.54) is 5.56 Å². The fourth-order valence-corrected chi connectivity index (χ4v) is 2.99. The Kier molecular flexibility index (Phi) is 4.24.